The number of pyridine rings is 1. The van der Waals surface area contributed by atoms with E-state index in [4.69, 9.17) is 4.42 Å². The molecule has 2 N–H and O–H groups in total. The minimum atomic E-state index is -3.51. The number of rotatable bonds is 6. The van der Waals surface area contributed by atoms with Gasteiger partial charge in [-0.05, 0) is 37.7 Å². The summed E-state index contributed by atoms with van der Waals surface area (Å²) in [4.78, 5) is 4.20. The van der Waals surface area contributed by atoms with Gasteiger partial charge in [-0.1, -0.05) is 6.07 Å². The second-order valence-electron chi connectivity index (χ2n) is 4.34. The van der Waals surface area contributed by atoms with Gasteiger partial charge in [-0.25, -0.2) is 13.1 Å². The molecular formula is C13H17N3O3S. The van der Waals surface area contributed by atoms with Crippen molar-refractivity contribution in [3.8, 4) is 0 Å². The Bertz CT molecular complexity index is 662. The van der Waals surface area contributed by atoms with Gasteiger partial charge in [0, 0.05) is 18.4 Å². The number of sulfonamides is 1. The Morgan fingerprint density at radius 2 is 2.00 bits per heavy atom. The smallest absolute Gasteiger partial charge is 0.273 e. The molecule has 0 atom stereocenters. The average molecular weight is 295 g/mol. The lowest BCUT2D eigenvalue weighted by Crippen LogP contribution is -2.17. The summed E-state index contributed by atoms with van der Waals surface area (Å²) >= 11 is 0. The van der Waals surface area contributed by atoms with Crippen molar-refractivity contribution in [1.29, 1.82) is 0 Å². The normalized spacial score (nSPS) is 11.7. The molecule has 2 heterocycles. The summed E-state index contributed by atoms with van der Waals surface area (Å²) in [6, 6.07) is 7.02. The first-order valence-corrected chi connectivity index (χ1v) is 7.64. The summed E-state index contributed by atoms with van der Waals surface area (Å²) in [5.74, 6) is 0.568. The van der Waals surface area contributed by atoms with E-state index in [0.717, 1.165) is 11.3 Å². The lowest BCUT2D eigenvalue weighted by Gasteiger charge is -2.03. The van der Waals surface area contributed by atoms with Crippen LogP contribution in [0.1, 0.15) is 17.0 Å². The SMILES string of the molecule is CNS(=O)(=O)c1ccc(CNCc2ccc(C)nc2)o1. The van der Waals surface area contributed by atoms with E-state index in [-0.39, 0.29) is 5.09 Å². The third-order valence-corrected chi connectivity index (χ3v) is 4.06. The molecule has 2 aromatic rings. The van der Waals surface area contributed by atoms with Crippen molar-refractivity contribution in [2.24, 2.45) is 0 Å². The van der Waals surface area contributed by atoms with Gasteiger partial charge < -0.3 is 9.73 Å². The van der Waals surface area contributed by atoms with Gasteiger partial charge in [-0.2, -0.15) is 0 Å². The minimum Gasteiger partial charge on any atom is -0.447 e. The molecule has 0 fully saturated rings. The van der Waals surface area contributed by atoms with Crippen molar-refractivity contribution < 1.29 is 12.8 Å². The summed E-state index contributed by atoms with van der Waals surface area (Å²) in [6.45, 7) is 3.03. The molecule has 20 heavy (non-hydrogen) atoms. The molecule has 0 aromatic carbocycles. The predicted molar refractivity (Wildman–Crippen MR) is 74.5 cm³/mol. The first-order valence-electron chi connectivity index (χ1n) is 6.16. The number of hydrogen-bond donors (Lipinski definition) is 2. The van der Waals surface area contributed by atoms with E-state index >= 15 is 0 Å². The zero-order valence-electron chi connectivity index (χ0n) is 11.4. The van der Waals surface area contributed by atoms with E-state index in [1.54, 1.807) is 12.3 Å². The third kappa shape index (κ3) is 3.66. The highest BCUT2D eigenvalue weighted by Gasteiger charge is 2.15. The fourth-order valence-corrected chi connectivity index (χ4v) is 2.30. The van der Waals surface area contributed by atoms with Gasteiger partial charge in [0.25, 0.3) is 10.0 Å². The molecule has 0 aliphatic carbocycles. The Morgan fingerprint density at radius 1 is 1.20 bits per heavy atom. The maximum absolute atomic E-state index is 11.5. The van der Waals surface area contributed by atoms with Crippen molar-refractivity contribution in [3.63, 3.8) is 0 Å². The highest BCUT2D eigenvalue weighted by molar-refractivity contribution is 7.89. The van der Waals surface area contributed by atoms with Crippen LogP contribution < -0.4 is 10.0 Å². The Labute approximate surface area is 118 Å². The monoisotopic (exact) mass is 295 g/mol. The van der Waals surface area contributed by atoms with Crippen LogP contribution in [0.3, 0.4) is 0 Å². The summed E-state index contributed by atoms with van der Waals surface area (Å²) in [7, 11) is -2.17. The van der Waals surface area contributed by atoms with Crippen LogP contribution >= 0.6 is 0 Å². The number of hydrogen-bond acceptors (Lipinski definition) is 5. The van der Waals surface area contributed by atoms with Crippen LogP contribution in [0.5, 0.6) is 0 Å². The maximum Gasteiger partial charge on any atom is 0.273 e. The van der Waals surface area contributed by atoms with E-state index in [9.17, 15) is 8.42 Å². The van der Waals surface area contributed by atoms with E-state index in [1.807, 2.05) is 19.1 Å². The number of nitrogens with zero attached hydrogens (tertiary/aromatic N) is 1. The first kappa shape index (κ1) is 14.7. The van der Waals surface area contributed by atoms with Gasteiger partial charge in [0.15, 0.2) is 0 Å². The van der Waals surface area contributed by atoms with E-state index < -0.39 is 10.0 Å². The standard InChI is InChI=1S/C13H17N3O3S/c1-10-3-4-11(8-16-10)7-15-9-12-5-6-13(19-12)20(17,18)14-2/h3-6,8,14-15H,7,9H2,1-2H3. The summed E-state index contributed by atoms with van der Waals surface area (Å²) in [6.07, 6.45) is 1.81. The van der Waals surface area contributed by atoms with Gasteiger partial charge in [-0.3, -0.25) is 4.98 Å². The summed E-state index contributed by atoms with van der Waals surface area (Å²) < 4.78 is 30.5. The molecule has 6 nitrogen and oxygen atoms in total. The van der Waals surface area contributed by atoms with E-state index in [2.05, 4.69) is 15.0 Å². The molecule has 0 spiro atoms. The first-order chi connectivity index (χ1) is 9.51. The number of aromatic nitrogens is 1. The van der Waals surface area contributed by atoms with Crippen LogP contribution in [0.4, 0.5) is 0 Å². The van der Waals surface area contributed by atoms with Crippen LogP contribution in [0.2, 0.25) is 0 Å². The maximum atomic E-state index is 11.5. The van der Waals surface area contributed by atoms with Gasteiger partial charge in [0.2, 0.25) is 5.09 Å². The Morgan fingerprint density at radius 3 is 2.65 bits per heavy atom. The molecule has 0 saturated heterocycles. The van der Waals surface area contributed by atoms with Crippen LogP contribution in [-0.4, -0.2) is 20.4 Å². The average Bonchev–Trinajstić information content (AvgIpc) is 2.91. The predicted octanol–water partition coefficient (Wildman–Crippen LogP) is 1.18. The van der Waals surface area contributed by atoms with Crippen molar-refractivity contribution in [3.05, 3.63) is 47.5 Å². The summed E-state index contributed by atoms with van der Waals surface area (Å²) in [5, 5.41) is 3.10. The summed E-state index contributed by atoms with van der Waals surface area (Å²) in [5.41, 5.74) is 2.03. The van der Waals surface area contributed by atoms with Crippen molar-refractivity contribution >= 4 is 10.0 Å². The molecule has 0 saturated carbocycles. The topological polar surface area (TPSA) is 84.2 Å². The molecular weight excluding hydrogens is 278 g/mol. The third-order valence-electron chi connectivity index (χ3n) is 2.77. The molecule has 0 unspecified atom stereocenters. The Kier molecular flexibility index (Phi) is 4.53. The molecule has 108 valence electrons. The van der Waals surface area contributed by atoms with Gasteiger partial charge in [0.05, 0.1) is 6.54 Å². The fraction of sp³-hybridized carbons (Fsp3) is 0.308. The van der Waals surface area contributed by atoms with Crippen LogP contribution in [-0.2, 0) is 23.1 Å². The van der Waals surface area contributed by atoms with Gasteiger partial charge in [0.1, 0.15) is 5.76 Å². The van der Waals surface area contributed by atoms with Crippen LogP contribution in [0.15, 0.2) is 40.0 Å². The van der Waals surface area contributed by atoms with Crippen molar-refractivity contribution in [2.75, 3.05) is 7.05 Å². The lowest BCUT2D eigenvalue weighted by atomic mass is 10.2. The van der Waals surface area contributed by atoms with Gasteiger partial charge in [-0.15, -0.1) is 0 Å². The molecule has 7 heteroatoms. The van der Waals surface area contributed by atoms with Gasteiger partial charge >= 0.3 is 0 Å². The molecule has 0 amide bonds. The van der Waals surface area contributed by atoms with Crippen LogP contribution in [0, 0.1) is 6.92 Å². The number of furan rings is 1. The zero-order valence-corrected chi connectivity index (χ0v) is 12.2. The number of aryl methyl sites for hydroxylation is 1. The highest BCUT2D eigenvalue weighted by Crippen LogP contribution is 2.13. The van der Waals surface area contributed by atoms with Crippen molar-refractivity contribution in [2.45, 2.75) is 25.1 Å². The van der Waals surface area contributed by atoms with Crippen LogP contribution in [0.25, 0.3) is 0 Å². The molecule has 0 aliphatic heterocycles. The minimum absolute atomic E-state index is 0.0752. The molecule has 2 rings (SSSR count). The van der Waals surface area contributed by atoms with E-state index in [1.165, 1.54) is 13.1 Å². The second-order valence-corrected chi connectivity index (χ2v) is 6.16. The highest BCUT2D eigenvalue weighted by atomic mass is 32.2. The Hall–Kier alpha value is -1.70. The lowest BCUT2D eigenvalue weighted by molar-refractivity contribution is 0.400. The molecule has 0 radical (unpaired) electrons. The quantitative estimate of drug-likeness (QED) is 0.836. The molecule has 2 aromatic heterocycles. The second kappa shape index (κ2) is 6.17. The number of nitrogens with one attached hydrogen (secondary N) is 2. The molecule has 0 bridgehead atoms. The van der Waals surface area contributed by atoms with Crippen molar-refractivity contribution in [1.82, 2.24) is 15.0 Å². The largest absolute Gasteiger partial charge is 0.447 e. The fourth-order valence-electron chi connectivity index (χ4n) is 1.63. The molecule has 0 aliphatic rings. The Balaban J connectivity index is 1.90. The van der Waals surface area contributed by atoms with E-state index in [0.29, 0.717) is 18.8 Å². The zero-order chi connectivity index (χ0) is 14.6.